The summed E-state index contributed by atoms with van der Waals surface area (Å²) >= 11 is 0. The topological polar surface area (TPSA) is 58.6 Å². The number of rotatable bonds is 5. The highest BCUT2D eigenvalue weighted by Crippen LogP contribution is 2.19. The summed E-state index contributed by atoms with van der Waals surface area (Å²) in [5, 5.41) is 2.83. The first-order valence-corrected chi connectivity index (χ1v) is 8.10. The fourth-order valence-electron chi connectivity index (χ4n) is 2.69. The lowest BCUT2D eigenvalue weighted by Gasteiger charge is -2.32. The highest BCUT2D eigenvalue weighted by Gasteiger charge is 2.27. The van der Waals surface area contributed by atoms with Gasteiger partial charge < -0.3 is 15.0 Å². The van der Waals surface area contributed by atoms with Crippen molar-refractivity contribution in [2.75, 3.05) is 24.6 Å². The van der Waals surface area contributed by atoms with Gasteiger partial charge in [0.2, 0.25) is 5.91 Å². The van der Waals surface area contributed by atoms with Gasteiger partial charge >= 0.3 is 0 Å². The number of carbonyl (C=O) groups excluding carboxylic acids is 2. The molecule has 0 radical (unpaired) electrons. The molecule has 0 bridgehead atoms. The van der Waals surface area contributed by atoms with Crippen LogP contribution >= 0.6 is 0 Å². The van der Waals surface area contributed by atoms with Crippen LogP contribution in [0.15, 0.2) is 54.6 Å². The SMILES string of the molecule is O=C(Cc1ccccc1)NCC1CN(c2ccc(F)cc2)C(=O)CO1. The quantitative estimate of drug-likeness (QED) is 0.903. The number of anilines is 1. The molecule has 1 aliphatic rings. The van der Waals surface area contributed by atoms with E-state index < -0.39 is 0 Å². The van der Waals surface area contributed by atoms with Gasteiger partial charge in [-0.05, 0) is 29.8 Å². The molecule has 0 spiro atoms. The lowest BCUT2D eigenvalue weighted by Crippen LogP contribution is -2.50. The maximum Gasteiger partial charge on any atom is 0.253 e. The summed E-state index contributed by atoms with van der Waals surface area (Å²) in [6, 6.07) is 15.2. The summed E-state index contributed by atoms with van der Waals surface area (Å²) in [5.74, 6) is -0.632. The van der Waals surface area contributed by atoms with Crippen molar-refractivity contribution in [3.63, 3.8) is 0 Å². The average molecular weight is 342 g/mol. The molecular weight excluding hydrogens is 323 g/mol. The third kappa shape index (κ3) is 4.64. The van der Waals surface area contributed by atoms with E-state index in [4.69, 9.17) is 4.74 Å². The standard InChI is InChI=1S/C19H19FN2O3/c20-15-6-8-16(9-7-15)22-12-17(25-13-19(22)24)11-21-18(23)10-14-4-2-1-3-5-14/h1-9,17H,10-13H2,(H,21,23). The fraction of sp³-hybridized carbons (Fsp3) is 0.263. The molecule has 2 aromatic carbocycles. The fourth-order valence-corrected chi connectivity index (χ4v) is 2.69. The van der Waals surface area contributed by atoms with Crippen LogP contribution in [0.25, 0.3) is 0 Å². The van der Waals surface area contributed by atoms with Gasteiger partial charge in [0.25, 0.3) is 5.91 Å². The smallest absolute Gasteiger partial charge is 0.253 e. The number of benzene rings is 2. The van der Waals surface area contributed by atoms with E-state index in [0.29, 0.717) is 25.2 Å². The molecule has 0 aromatic heterocycles. The van der Waals surface area contributed by atoms with Gasteiger partial charge in [0, 0.05) is 12.2 Å². The Balaban J connectivity index is 1.53. The minimum absolute atomic E-state index is 0.0589. The number of hydrogen-bond donors (Lipinski definition) is 1. The second kappa shape index (κ2) is 7.90. The molecule has 1 N–H and O–H groups in total. The van der Waals surface area contributed by atoms with Crippen LogP contribution in [-0.2, 0) is 20.7 Å². The molecule has 1 saturated heterocycles. The van der Waals surface area contributed by atoms with Crippen molar-refractivity contribution in [1.29, 1.82) is 0 Å². The molecule has 1 fully saturated rings. The number of carbonyl (C=O) groups is 2. The lowest BCUT2D eigenvalue weighted by atomic mass is 10.1. The number of ether oxygens (including phenoxy) is 1. The van der Waals surface area contributed by atoms with Crippen molar-refractivity contribution < 1.29 is 18.7 Å². The van der Waals surface area contributed by atoms with Crippen LogP contribution in [0.4, 0.5) is 10.1 Å². The van der Waals surface area contributed by atoms with E-state index in [1.54, 1.807) is 17.0 Å². The average Bonchev–Trinajstić information content (AvgIpc) is 2.63. The Morgan fingerprint density at radius 1 is 1.16 bits per heavy atom. The van der Waals surface area contributed by atoms with Gasteiger partial charge in [-0.3, -0.25) is 9.59 Å². The van der Waals surface area contributed by atoms with Crippen molar-refractivity contribution in [1.82, 2.24) is 5.32 Å². The summed E-state index contributed by atoms with van der Waals surface area (Å²) < 4.78 is 18.5. The minimum atomic E-state index is -0.353. The lowest BCUT2D eigenvalue weighted by molar-refractivity contribution is -0.129. The zero-order chi connectivity index (χ0) is 17.6. The van der Waals surface area contributed by atoms with Crippen LogP contribution < -0.4 is 10.2 Å². The van der Waals surface area contributed by atoms with E-state index in [1.165, 1.54) is 12.1 Å². The van der Waals surface area contributed by atoms with Crippen molar-refractivity contribution in [2.45, 2.75) is 12.5 Å². The van der Waals surface area contributed by atoms with E-state index in [9.17, 15) is 14.0 Å². The van der Waals surface area contributed by atoms with Crippen LogP contribution in [0.5, 0.6) is 0 Å². The van der Waals surface area contributed by atoms with E-state index in [-0.39, 0.29) is 30.3 Å². The Hall–Kier alpha value is -2.73. The normalized spacial score (nSPS) is 17.4. The molecule has 0 aliphatic carbocycles. The van der Waals surface area contributed by atoms with Crippen LogP contribution in [0, 0.1) is 5.82 Å². The Morgan fingerprint density at radius 2 is 1.88 bits per heavy atom. The zero-order valence-corrected chi connectivity index (χ0v) is 13.7. The first-order valence-electron chi connectivity index (χ1n) is 8.10. The molecule has 25 heavy (non-hydrogen) atoms. The Bertz CT molecular complexity index is 734. The van der Waals surface area contributed by atoms with Gasteiger partial charge in [-0.15, -0.1) is 0 Å². The molecule has 2 aromatic rings. The van der Waals surface area contributed by atoms with Crippen LogP contribution in [0.3, 0.4) is 0 Å². The molecule has 6 heteroatoms. The van der Waals surface area contributed by atoms with E-state index >= 15 is 0 Å². The maximum atomic E-state index is 13.0. The Morgan fingerprint density at radius 3 is 2.60 bits per heavy atom. The van der Waals surface area contributed by atoms with Crippen molar-refractivity contribution in [3.8, 4) is 0 Å². The molecule has 3 rings (SSSR count). The van der Waals surface area contributed by atoms with E-state index in [0.717, 1.165) is 5.56 Å². The number of halogens is 1. The molecule has 1 heterocycles. The third-order valence-corrected chi connectivity index (χ3v) is 4.00. The van der Waals surface area contributed by atoms with Crippen LogP contribution in [0.1, 0.15) is 5.56 Å². The second-order valence-corrected chi connectivity index (χ2v) is 5.88. The van der Waals surface area contributed by atoms with Gasteiger partial charge in [0.15, 0.2) is 0 Å². The maximum absolute atomic E-state index is 13.0. The summed E-state index contributed by atoms with van der Waals surface area (Å²) in [6.45, 7) is 0.573. The molecule has 1 aliphatic heterocycles. The zero-order valence-electron chi connectivity index (χ0n) is 13.7. The third-order valence-electron chi connectivity index (χ3n) is 4.00. The molecule has 1 unspecified atom stereocenters. The number of nitrogens with zero attached hydrogens (tertiary/aromatic N) is 1. The summed E-state index contributed by atoms with van der Waals surface area (Å²) in [6.07, 6.45) is -0.00349. The molecule has 1 atom stereocenters. The van der Waals surface area contributed by atoms with Crippen LogP contribution in [0.2, 0.25) is 0 Å². The monoisotopic (exact) mass is 342 g/mol. The predicted molar refractivity (Wildman–Crippen MR) is 91.6 cm³/mol. The molecule has 2 amide bonds. The molecule has 0 saturated carbocycles. The highest BCUT2D eigenvalue weighted by molar-refractivity contribution is 5.95. The molecule has 130 valence electrons. The Labute approximate surface area is 145 Å². The molecular formula is C19H19FN2O3. The second-order valence-electron chi connectivity index (χ2n) is 5.88. The first-order chi connectivity index (χ1) is 12.1. The Kier molecular flexibility index (Phi) is 5.40. The predicted octanol–water partition coefficient (Wildman–Crippen LogP) is 1.92. The van der Waals surface area contributed by atoms with Crippen molar-refractivity contribution in [3.05, 3.63) is 66.0 Å². The number of nitrogens with one attached hydrogen (secondary N) is 1. The summed E-state index contributed by atoms with van der Waals surface area (Å²) in [7, 11) is 0. The summed E-state index contributed by atoms with van der Waals surface area (Å²) in [5.41, 5.74) is 1.56. The van der Waals surface area contributed by atoms with E-state index in [2.05, 4.69) is 5.32 Å². The number of amides is 2. The number of morpholine rings is 1. The van der Waals surface area contributed by atoms with Gasteiger partial charge in [0.1, 0.15) is 12.4 Å². The number of hydrogen-bond acceptors (Lipinski definition) is 3. The van der Waals surface area contributed by atoms with Crippen LogP contribution in [-0.4, -0.2) is 37.6 Å². The summed E-state index contributed by atoms with van der Waals surface area (Å²) in [4.78, 5) is 25.6. The van der Waals surface area contributed by atoms with Gasteiger partial charge in [-0.25, -0.2) is 4.39 Å². The van der Waals surface area contributed by atoms with Crippen molar-refractivity contribution in [2.24, 2.45) is 0 Å². The van der Waals surface area contributed by atoms with Gasteiger partial charge in [-0.1, -0.05) is 30.3 Å². The van der Waals surface area contributed by atoms with Gasteiger partial charge in [0.05, 0.1) is 19.1 Å². The first kappa shape index (κ1) is 17.1. The van der Waals surface area contributed by atoms with E-state index in [1.807, 2.05) is 30.3 Å². The highest BCUT2D eigenvalue weighted by atomic mass is 19.1. The molecule has 5 nitrogen and oxygen atoms in total. The minimum Gasteiger partial charge on any atom is -0.365 e. The van der Waals surface area contributed by atoms with Gasteiger partial charge in [-0.2, -0.15) is 0 Å². The van der Waals surface area contributed by atoms with Crippen molar-refractivity contribution >= 4 is 17.5 Å². The largest absolute Gasteiger partial charge is 0.365 e.